The fourth-order valence-electron chi connectivity index (χ4n) is 0.854. The predicted molar refractivity (Wildman–Crippen MR) is 49.6 cm³/mol. The Labute approximate surface area is 78.5 Å². The molecule has 0 aliphatic carbocycles. The average molecular weight is 187 g/mol. The quantitative estimate of drug-likeness (QED) is 0.624. The molecular weight excluding hydrogens is 170 g/mol. The Morgan fingerprint density at radius 2 is 1.92 bits per heavy atom. The minimum absolute atomic E-state index is 0.131. The van der Waals surface area contributed by atoms with Crippen molar-refractivity contribution in [2.45, 2.75) is 32.7 Å². The van der Waals surface area contributed by atoms with Gasteiger partial charge in [-0.3, -0.25) is 4.79 Å². The Hall–Kier alpha value is -0.900. The molecule has 0 heterocycles. The van der Waals surface area contributed by atoms with Gasteiger partial charge in [-0.1, -0.05) is 0 Å². The summed E-state index contributed by atoms with van der Waals surface area (Å²) in [6, 6.07) is 0.430. The van der Waals surface area contributed by atoms with Crippen molar-refractivity contribution in [1.82, 2.24) is 4.90 Å². The molecule has 0 fully saturated rings. The largest absolute Gasteiger partial charge is 0.476 e. The summed E-state index contributed by atoms with van der Waals surface area (Å²) in [7, 11) is 1.95. The Balaban J connectivity index is 3.56. The average Bonchev–Trinajstić information content (AvgIpc) is 2.03. The zero-order chi connectivity index (χ0) is 10.4. The van der Waals surface area contributed by atoms with Crippen LogP contribution in [-0.2, 0) is 9.59 Å². The third kappa shape index (κ3) is 5.36. The number of carbonyl (C=O) groups excluding carboxylic acids is 1. The summed E-state index contributed by atoms with van der Waals surface area (Å²) in [4.78, 5) is 22.9. The summed E-state index contributed by atoms with van der Waals surface area (Å²) < 4.78 is 0. The van der Waals surface area contributed by atoms with Crippen molar-refractivity contribution in [2.75, 3.05) is 13.6 Å². The van der Waals surface area contributed by atoms with E-state index in [1.54, 1.807) is 0 Å². The van der Waals surface area contributed by atoms with Gasteiger partial charge in [0.15, 0.2) is 0 Å². The number of ketones is 1. The maximum Gasteiger partial charge on any atom is 0.372 e. The molecule has 0 aliphatic rings. The molecule has 1 N–H and O–H groups in total. The van der Waals surface area contributed by atoms with E-state index in [-0.39, 0.29) is 6.42 Å². The number of hydrogen-bond donors (Lipinski definition) is 1. The van der Waals surface area contributed by atoms with Crippen molar-refractivity contribution in [3.05, 3.63) is 0 Å². The van der Waals surface area contributed by atoms with Gasteiger partial charge in [0.25, 0.3) is 0 Å². The molecular formula is C9H17NO3. The first-order valence-electron chi connectivity index (χ1n) is 4.41. The van der Waals surface area contributed by atoms with Crippen LogP contribution in [0.5, 0.6) is 0 Å². The van der Waals surface area contributed by atoms with Crippen LogP contribution in [0.15, 0.2) is 0 Å². The van der Waals surface area contributed by atoms with Gasteiger partial charge in [0.05, 0.1) is 0 Å². The molecule has 0 spiro atoms. The van der Waals surface area contributed by atoms with E-state index >= 15 is 0 Å². The van der Waals surface area contributed by atoms with Gasteiger partial charge >= 0.3 is 5.97 Å². The second-order valence-corrected chi connectivity index (χ2v) is 3.41. The molecule has 0 aliphatic heterocycles. The third-order valence-corrected chi connectivity index (χ3v) is 2.03. The zero-order valence-electron chi connectivity index (χ0n) is 8.41. The monoisotopic (exact) mass is 187 g/mol. The smallest absolute Gasteiger partial charge is 0.372 e. The molecule has 0 aromatic heterocycles. The van der Waals surface area contributed by atoms with Gasteiger partial charge in [-0.15, -0.1) is 0 Å². The van der Waals surface area contributed by atoms with Crippen LogP contribution in [0.4, 0.5) is 0 Å². The maximum absolute atomic E-state index is 10.7. The van der Waals surface area contributed by atoms with Crippen molar-refractivity contribution in [3.63, 3.8) is 0 Å². The van der Waals surface area contributed by atoms with Crippen LogP contribution in [0, 0.1) is 0 Å². The molecule has 0 rings (SSSR count). The number of carboxylic acids is 1. The van der Waals surface area contributed by atoms with Crippen LogP contribution < -0.4 is 0 Å². The van der Waals surface area contributed by atoms with Crippen molar-refractivity contribution < 1.29 is 14.7 Å². The van der Waals surface area contributed by atoms with Crippen molar-refractivity contribution in [2.24, 2.45) is 0 Å². The van der Waals surface area contributed by atoms with Crippen LogP contribution in [0.1, 0.15) is 26.7 Å². The molecule has 13 heavy (non-hydrogen) atoms. The molecule has 0 saturated carbocycles. The molecule has 0 bridgehead atoms. The molecule has 0 amide bonds. The number of carboxylic acid groups (broad SMARTS) is 1. The molecule has 0 aromatic carbocycles. The number of hydrogen-bond acceptors (Lipinski definition) is 3. The van der Waals surface area contributed by atoms with Gasteiger partial charge in [0.2, 0.25) is 5.78 Å². The maximum atomic E-state index is 10.7. The third-order valence-electron chi connectivity index (χ3n) is 2.03. The van der Waals surface area contributed by atoms with E-state index in [1.807, 2.05) is 7.05 Å². The highest BCUT2D eigenvalue weighted by Crippen LogP contribution is 1.98. The molecule has 76 valence electrons. The lowest BCUT2D eigenvalue weighted by atomic mass is 10.2. The number of aliphatic carboxylic acids is 1. The first kappa shape index (κ1) is 12.1. The van der Waals surface area contributed by atoms with Gasteiger partial charge in [0, 0.05) is 12.5 Å². The number of rotatable bonds is 6. The fraction of sp³-hybridized carbons (Fsp3) is 0.778. The standard InChI is InChI=1S/C9H17NO3/c1-7(2)10(3)6-4-5-8(11)9(12)13/h7H,4-6H2,1-3H3,(H,12,13). The molecule has 4 nitrogen and oxygen atoms in total. The topological polar surface area (TPSA) is 57.6 Å². The molecule has 0 aromatic rings. The fourth-order valence-corrected chi connectivity index (χ4v) is 0.854. The first-order valence-corrected chi connectivity index (χ1v) is 4.41. The molecule has 0 saturated heterocycles. The SMILES string of the molecule is CC(C)N(C)CCCC(=O)C(=O)O. The second-order valence-electron chi connectivity index (χ2n) is 3.41. The van der Waals surface area contributed by atoms with E-state index in [2.05, 4.69) is 18.7 Å². The van der Waals surface area contributed by atoms with E-state index in [0.29, 0.717) is 12.5 Å². The predicted octanol–water partition coefficient (Wildman–Crippen LogP) is 0.760. The molecule has 4 heteroatoms. The van der Waals surface area contributed by atoms with Crippen LogP contribution >= 0.6 is 0 Å². The van der Waals surface area contributed by atoms with Gasteiger partial charge < -0.3 is 10.0 Å². The van der Waals surface area contributed by atoms with E-state index in [0.717, 1.165) is 6.54 Å². The van der Waals surface area contributed by atoms with Crippen molar-refractivity contribution in [3.8, 4) is 0 Å². The number of Topliss-reactive ketones (excluding diaryl/α,β-unsaturated/α-hetero) is 1. The number of carbonyl (C=O) groups is 2. The minimum atomic E-state index is -1.33. The highest BCUT2D eigenvalue weighted by atomic mass is 16.4. The van der Waals surface area contributed by atoms with Gasteiger partial charge in [-0.25, -0.2) is 4.79 Å². The summed E-state index contributed by atoms with van der Waals surface area (Å²) in [5.41, 5.74) is 0. The van der Waals surface area contributed by atoms with Gasteiger partial charge in [-0.2, -0.15) is 0 Å². The Kier molecular flexibility index (Phi) is 5.30. The molecule has 0 unspecified atom stereocenters. The lowest BCUT2D eigenvalue weighted by Crippen LogP contribution is -2.28. The lowest BCUT2D eigenvalue weighted by molar-refractivity contribution is -0.149. The van der Waals surface area contributed by atoms with Crippen molar-refractivity contribution in [1.29, 1.82) is 0 Å². The van der Waals surface area contributed by atoms with Crippen molar-refractivity contribution >= 4 is 11.8 Å². The zero-order valence-corrected chi connectivity index (χ0v) is 8.41. The van der Waals surface area contributed by atoms with Crippen LogP contribution in [0.3, 0.4) is 0 Å². The van der Waals surface area contributed by atoms with E-state index in [9.17, 15) is 9.59 Å². The minimum Gasteiger partial charge on any atom is -0.476 e. The van der Waals surface area contributed by atoms with Crippen LogP contribution in [0.2, 0.25) is 0 Å². The Bertz CT molecular complexity index is 189. The Morgan fingerprint density at radius 3 is 2.31 bits per heavy atom. The highest BCUT2D eigenvalue weighted by Gasteiger charge is 2.11. The summed E-state index contributed by atoms with van der Waals surface area (Å²) in [6.45, 7) is 4.87. The summed E-state index contributed by atoms with van der Waals surface area (Å²) in [6.07, 6.45) is 0.742. The second kappa shape index (κ2) is 5.70. The summed E-state index contributed by atoms with van der Waals surface area (Å²) >= 11 is 0. The summed E-state index contributed by atoms with van der Waals surface area (Å²) in [5.74, 6) is -2.02. The lowest BCUT2D eigenvalue weighted by Gasteiger charge is -2.20. The van der Waals surface area contributed by atoms with Gasteiger partial charge in [0.1, 0.15) is 0 Å². The van der Waals surface area contributed by atoms with Crippen LogP contribution in [0.25, 0.3) is 0 Å². The molecule has 0 atom stereocenters. The first-order chi connectivity index (χ1) is 5.95. The normalized spacial score (nSPS) is 10.8. The van der Waals surface area contributed by atoms with Gasteiger partial charge in [-0.05, 0) is 33.9 Å². The summed E-state index contributed by atoms with van der Waals surface area (Å²) in [5, 5.41) is 8.29. The van der Waals surface area contributed by atoms with Crippen LogP contribution in [-0.4, -0.2) is 41.4 Å². The van der Waals surface area contributed by atoms with E-state index < -0.39 is 11.8 Å². The molecule has 0 radical (unpaired) electrons. The van der Waals surface area contributed by atoms with E-state index in [4.69, 9.17) is 5.11 Å². The Morgan fingerprint density at radius 1 is 1.38 bits per heavy atom. The van der Waals surface area contributed by atoms with E-state index in [1.165, 1.54) is 0 Å². The number of nitrogens with zero attached hydrogens (tertiary/aromatic N) is 1. The highest BCUT2D eigenvalue weighted by molar-refractivity contribution is 6.32.